The Labute approximate surface area is 116 Å². The fourth-order valence-corrected chi connectivity index (χ4v) is 2.92. The highest BCUT2D eigenvalue weighted by molar-refractivity contribution is 5.61. The highest BCUT2D eigenvalue weighted by Crippen LogP contribution is 2.47. The Morgan fingerprint density at radius 2 is 2.05 bits per heavy atom. The summed E-state index contributed by atoms with van der Waals surface area (Å²) < 4.78 is 6.19. The van der Waals surface area contributed by atoms with E-state index in [1.54, 1.807) is 18.5 Å². The van der Waals surface area contributed by atoms with E-state index >= 15 is 0 Å². The van der Waals surface area contributed by atoms with Gasteiger partial charge in [-0.2, -0.15) is 0 Å². The number of aliphatic imine (C=N–C) groups is 1. The van der Waals surface area contributed by atoms with E-state index in [1.807, 2.05) is 36.4 Å². The zero-order valence-corrected chi connectivity index (χ0v) is 10.8. The van der Waals surface area contributed by atoms with Gasteiger partial charge in [0.2, 0.25) is 5.72 Å². The molecule has 2 unspecified atom stereocenters. The lowest BCUT2D eigenvalue weighted by atomic mass is 9.87. The van der Waals surface area contributed by atoms with Crippen LogP contribution in [0.5, 0.6) is 11.5 Å². The standard InChI is InChI=1S/C16H14N2O2/c19-12-6-7-13-14-9-16(18-10-17-14,20-15(13)8-12)11-4-2-1-3-5-11/h1-8,10,14,19H,9H2,(H,17,18). The van der Waals surface area contributed by atoms with Gasteiger partial charge in [-0.15, -0.1) is 0 Å². The second-order valence-corrected chi connectivity index (χ2v) is 5.16. The molecular weight excluding hydrogens is 252 g/mol. The van der Waals surface area contributed by atoms with Gasteiger partial charge in [-0.1, -0.05) is 30.3 Å². The van der Waals surface area contributed by atoms with E-state index in [-0.39, 0.29) is 11.8 Å². The van der Waals surface area contributed by atoms with Gasteiger partial charge >= 0.3 is 0 Å². The molecule has 0 aromatic heterocycles. The highest BCUT2D eigenvalue weighted by Gasteiger charge is 2.44. The fraction of sp³-hybridized carbons (Fsp3) is 0.188. The van der Waals surface area contributed by atoms with Crippen molar-refractivity contribution in [2.75, 3.05) is 0 Å². The summed E-state index contributed by atoms with van der Waals surface area (Å²) in [4.78, 5) is 4.49. The molecule has 4 heteroatoms. The number of benzene rings is 2. The first-order valence-corrected chi connectivity index (χ1v) is 6.64. The summed E-state index contributed by atoms with van der Waals surface area (Å²) in [7, 11) is 0. The highest BCUT2D eigenvalue weighted by atomic mass is 16.5. The Balaban J connectivity index is 1.87. The van der Waals surface area contributed by atoms with Crippen LogP contribution >= 0.6 is 0 Å². The van der Waals surface area contributed by atoms with Crippen molar-refractivity contribution in [3.8, 4) is 11.5 Å². The summed E-state index contributed by atoms with van der Waals surface area (Å²) in [6.45, 7) is 0. The predicted molar refractivity (Wildman–Crippen MR) is 75.8 cm³/mol. The van der Waals surface area contributed by atoms with Crippen molar-refractivity contribution in [3.05, 3.63) is 59.7 Å². The van der Waals surface area contributed by atoms with E-state index in [0.29, 0.717) is 5.75 Å². The molecule has 2 atom stereocenters. The first kappa shape index (κ1) is 11.3. The molecule has 4 nitrogen and oxygen atoms in total. The van der Waals surface area contributed by atoms with Gasteiger partial charge in [-0.05, 0) is 12.1 Å². The van der Waals surface area contributed by atoms with Gasteiger partial charge in [0, 0.05) is 23.6 Å². The number of aromatic hydroxyl groups is 1. The minimum atomic E-state index is -0.603. The summed E-state index contributed by atoms with van der Waals surface area (Å²) in [5.41, 5.74) is 1.48. The molecule has 0 spiro atoms. The van der Waals surface area contributed by atoms with Crippen LogP contribution in [0.3, 0.4) is 0 Å². The maximum Gasteiger partial charge on any atom is 0.210 e. The SMILES string of the molecule is Oc1ccc2c(c1)OC1(c3ccccc3)CC2N=CN1. The molecule has 0 radical (unpaired) electrons. The minimum Gasteiger partial charge on any atom is -0.508 e. The van der Waals surface area contributed by atoms with Gasteiger partial charge in [0.1, 0.15) is 11.5 Å². The number of fused-ring (bicyclic) bond motifs is 4. The molecule has 2 bridgehead atoms. The van der Waals surface area contributed by atoms with Crippen LogP contribution in [0, 0.1) is 0 Å². The molecule has 2 aliphatic heterocycles. The minimum absolute atomic E-state index is 0.0563. The third-order valence-electron chi connectivity index (χ3n) is 3.91. The number of phenols is 1. The van der Waals surface area contributed by atoms with Gasteiger partial charge in [-0.3, -0.25) is 4.99 Å². The lowest BCUT2D eigenvalue weighted by Crippen LogP contribution is -2.52. The maximum absolute atomic E-state index is 9.67. The predicted octanol–water partition coefficient (Wildman–Crippen LogP) is 2.70. The van der Waals surface area contributed by atoms with E-state index < -0.39 is 5.72 Å². The van der Waals surface area contributed by atoms with Crippen LogP contribution in [0.15, 0.2) is 53.5 Å². The van der Waals surface area contributed by atoms with Gasteiger partial charge in [0.25, 0.3) is 0 Å². The van der Waals surface area contributed by atoms with Crippen LogP contribution in [-0.2, 0) is 5.72 Å². The summed E-state index contributed by atoms with van der Waals surface area (Å²) in [5.74, 6) is 0.894. The zero-order chi connectivity index (χ0) is 13.6. The smallest absolute Gasteiger partial charge is 0.210 e. The van der Waals surface area contributed by atoms with Crippen LogP contribution in [-0.4, -0.2) is 11.4 Å². The Morgan fingerprint density at radius 3 is 2.90 bits per heavy atom. The number of nitrogens with zero attached hydrogens (tertiary/aromatic N) is 1. The van der Waals surface area contributed by atoms with Crippen LogP contribution < -0.4 is 10.1 Å². The van der Waals surface area contributed by atoms with Crippen molar-refractivity contribution in [1.82, 2.24) is 5.32 Å². The molecule has 100 valence electrons. The molecule has 20 heavy (non-hydrogen) atoms. The normalized spacial score (nSPS) is 26.3. The molecule has 2 aromatic carbocycles. The monoisotopic (exact) mass is 266 g/mol. The number of hydrogen-bond acceptors (Lipinski definition) is 4. The van der Waals surface area contributed by atoms with Crippen LogP contribution in [0.1, 0.15) is 23.6 Å². The third kappa shape index (κ3) is 1.58. The van der Waals surface area contributed by atoms with Crippen molar-refractivity contribution in [1.29, 1.82) is 0 Å². The molecule has 2 heterocycles. The molecule has 0 saturated carbocycles. The van der Waals surface area contributed by atoms with E-state index in [9.17, 15) is 5.11 Å². The third-order valence-corrected chi connectivity index (χ3v) is 3.91. The number of ether oxygens (including phenoxy) is 1. The lowest BCUT2D eigenvalue weighted by molar-refractivity contribution is 0.0120. The summed E-state index contributed by atoms with van der Waals surface area (Å²) in [6, 6.07) is 15.3. The summed E-state index contributed by atoms with van der Waals surface area (Å²) in [5, 5.41) is 12.9. The van der Waals surface area contributed by atoms with Crippen molar-refractivity contribution in [2.24, 2.45) is 4.99 Å². The van der Waals surface area contributed by atoms with Crippen molar-refractivity contribution in [2.45, 2.75) is 18.2 Å². The van der Waals surface area contributed by atoms with Gasteiger partial charge < -0.3 is 15.2 Å². The number of rotatable bonds is 1. The number of hydrogen-bond donors (Lipinski definition) is 2. The molecule has 2 aromatic rings. The Morgan fingerprint density at radius 1 is 1.20 bits per heavy atom. The zero-order valence-electron chi connectivity index (χ0n) is 10.8. The second-order valence-electron chi connectivity index (χ2n) is 5.16. The van der Waals surface area contributed by atoms with E-state index in [1.165, 1.54) is 0 Å². The number of phenolic OH excluding ortho intramolecular Hbond substituents is 1. The van der Waals surface area contributed by atoms with E-state index in [0.717, 1.165) is 17.5 Å². The Hall–Kier alpha value is -2.49. The second kappa shape index (κ2) is 4.00. The maximum atomic E-state index is 9.67. The van der Waals surface area contributed by atoms with Crippen LogP contribution in [0.25, 0.3) is 0 Å². The molecule has 0 saturated heterocycles. The molecule has 2 N–H and O–H groups in total. The Bertz CT molecular complexity index is 684. The van der Waals surface area contributed by atoms with Crippen molar-refractivity contribution < 1.29 is 9.84 Å². The van der Waals surface area contributed by atoms with E-state index in [4.69, 9.17) is 4.74 Å². The van der Waals surface area contributed by atoms with Crippen LogP contribution in [0.4, 0.5) is 0 Å². The summed E-state index contributed by atoms with van der Waals surface area (Å²) in [6.07, 6.45) is 2.46. The quantitative estimate of drug-likeness (QED) is 0.834. The van der Waals surface area contributed by atoms with Crippen molar-refractivity contribution in [3.63, 3.8) is 0 Å². The average Bonchev–Trinajstić information content (AvgIpc) is 2.48. The lowest BCUT2D eigenvalue weighted by Gasteiger charge is -2.43. The van der Waals surface area contributed by atoms with Crippen molar-refractivity contribution >= 4 is 6.34 Å². The molecular formula is C16H14N2O2. The summed E-state index contributed by atoms with van der Waals surface area (Å²) >= 11 is 0. The van der Waals surface area contributed by atoms with Gasteiger partial charge in [0.15, 0.2) is 0 Å². The van der Waals surface area contributed by atoms with Gasteiger partial charge in [-0.25, -0.2) is 0 Å². The largest absolute Gasteiger partial charge is 0.508 e. The van der Waals surface area contributed by atoms with Crippen LogP contribution in [0.2, 0.25) is 0 Å². The van der Waals surface area contributed by atoms with Gasteiger partial charge in [0.05, 0.1) is 12.4 Å². The molecule has 0 aliphatic carbocycles. The molecule has 4 rings (SSSR count). The molecule has 2 aliphatic rings. The van der Waals surface area contributed by atoms with E-state index in [2.05, 4.69) is 10.3 Å². The fourth-order valence-electron chi connectivity index (χ4n) is 2.92. The number of nitrogens with one attached hydrogen (secondary N) is 1. The Kier molecular flexibility index (Phi) is 2.27. The first-order valence-electron chi connectivity index (χ1n) is 6.64. The molecule has 0 fully saturated rings. The average molecular weight is 266 g/mol. The first-order chi connectivity index (χ1) is 9.77. The topological polar surface area (TPSA) is 53.9 Å². The molecule has 0 amide bonds.